The van der Waals surface area contributed by atoms with Crippen LogP contribution in [0.4, 0.5) is 5.69 Å². The molecule has 0 aliphatic rings. The SMILES string of the molecule is COc1cc(NS(=O)(=O)c2ccc(CBr)cc2)ccc1Cl. The summed E-state index contributed by atoms with van der Waals surface area (Å²) in [6, 6.07) is 11.3. The minimum atomic E-state index is -3.64. The van der Waals surface area contributed by atoms with Crippen molar-refractivity contribution in [3.63, 3.8) is 0 Å². The van der Waals surface area contributed by atoms with Crippen molar-refractivity contribution in [1.29, 1.82) is 0 Å². The molecule has 0 spiro atoms. The maximum absolute atomic E-state index is 12.3. The third kappa shape index (κ3) is 3.90. The lowest BCUT2D eigenvalue weighted by molar-refractivity contribution is 0.415. The number of nitrogens with one attached hydrogen (secondary N) is 1. The zero-order chi connectivity index (χ0) is 15.5. The Kier molecular flexibility index (Phi) is 5.13. The topological polar surface area (TPSA) is 55.4 Å². The first-order chi connectivity index (χ1) is 9.96. The van der Waals surface area contributed by atoms with Gasteiger partial charge in [-0.05, 0) is 29.8 Å². The van der Waals surface area contributed by atoms with E-state index in [0.717, 1.165) is 5.56 Å². The summed E-state index contributed by atoms with van der Waals surface area (Å²) in [5, 5.41) is 1.09. The van der Waals surface area contributed by atoms with E-state index in [1.165, 1.54) is 13.2 Å². The molecule has 0 amide bonds. The number of methoxy groups -OCH3 is 1. The molecule has 0 saturated heterocycles. The van der Waals surface area contributed by atoms with Gasteiger partial charge in [-0.1, -0.05) is 39.7 Å². The predicted molar refractivity (Wildman–Crippen MR) is 87.9 cm³/mol. The van der Waals surface area contributed by atoms with E-state index >= 15 is 0 Å². The number of benzene rings is 2. The van der Waals surface area contributed by atoms with Crippen LogP contribution >= 0.6 is 27.5 Å². The van der Waals surface area contributed by atoms with E-state index in [0.29, 0.717) is 21.8 Å². The van der Waals surface area contributed by atoms with E-state index in [1.54, 1.807) is 36.4 Å². The van der Waals surface area contributed by atoms with Crippen LogP contribution in [0.2, 0.25) is 5.02 Å². The standard InChI is InChI=1S/C14H13BrClNO3S/c1-20-14-8-11(4-7-13(14)16)17-21(18,19)12-5-2-10(9-15)3-6-12/h2-8,17H,9H2,1H3. The number of hydrogen-bond acceptors (Lipinski definition) is 3. The van der Waals surface area contributed by atoms with Crippen LogP contribution in [0.5, 0.6) is 5.75 Å². The first-order valence-electron chi connectivity index (χ1n) is 5.97. The monoisotopic (exact) mass is 389 g/mol. The van der Waals surface area contributed by atoms with E-state index in [9.17, 15) is 8.42 Å². The van der Waals surface area contributed by atoms with Crippen molar-refractivity contribution in [2.75, 3.05) is 11.8 Å². The van der Waals surface area contributed by atoms with Gasteiger partial charge in [0.25, 0.3) is 10.0 Å². The molecule has 0 saturated carbocycles. The molecule has 2 aromatic carbocycles. The Balaban J connectivity index is 2.28. The van der Waals surface area contributed by atoms with Crippen LogP contribution in [0.25, 0.3) is 0 Å². The summed E-state index contributed by atoms with van der Waals surface area (Å²) in [6.07, 6.45) is 0. The second-order valence-corrected chi connectivity index (χ2v) is 6.88. The molecule has 0 aliphatic carbocycles. The van der Waals surface area contributed by atoms with Crippen LogP contribution in [0.15, 0.2) is 47.4 Å². The van der Waals surface area contributed by atoms with Gasteiger partial charge < -0.3 is 4.74 Å². The molecule has 2 aromatic rings. The number of hydrogen-bond donors (Lipinski definition) is 1. The first-order valence-corrected chi connectivity index (χ1v) is 8.96. The Hall–Kier alpha value is -1.24. The molecule has 4 nitrogen and oxygen atoms in total. The molecule has 21 heavy (non-hydrogen) atoms. The average Bonchev–Trinajstić information content (AvgIpc) is 2.49. The van der Waals surface area contributed by atoms with E-state index in [2.05, 4.69) is 20.7 Å². The smallest absolute Gasteiger partial charge is 0.261 e. The number of sulfonamides is 1. The molecular weight excluding hydrogens is 378 g/mol. The largest absolute Gasteiger partial charge is 0.495 e. The highest BCUT2D eigenvalue weighted by atomic mass is 79.9. The lowest BCUT2D eigenvalue weighted by Gasteiger charge is -2.10. The molecule has 0 atom stereocenters. The van der Waals surface area contributed by atoms with E-state index in [4.69, 9.17) is 16.3 Å². The zero-order valence-corrected chi connectivity index (χ0v) is 14.3. The van der Waals surface area contributed by atoms with Crippen molar-refractivity contribution >= 4 is 43.2 Å². The fraction of sp³-hybridized carbons (Fsp3) is 0.143. The van der Waals surface area contributed by atoms with Gasteiger partial charge in [0.15, 0.2) is 0 Å². The highest BCUT2D eigenvalue weighted by Gasteiger charge is 2.15. The summed E-state index contributed by atoms with van der Waals surface area (Å²) in [6.45, 7) is 0. The average molecular weight is 391 g/mol. The van der Waals surface area contributed by atoms with Crippen molar-refractivity contribution in [2.45, 2.75) is 10.2 Å². The summed E-state index contributed by atoms with van der Waals surface area (Å²) < 4.78 is 32.1. The van der Waals surface area contributed by atoms with Crippen molar-refractivity contribution in [1.82, 2.24) is 0 Å². The summed E-state index contributed by atoms with van der Waals surface area (Å²) in [5.41, 5.74) is 1.39. The van der Waals surface area contributed by atoms with Crippen LogP contribution in [0.1, 0.15) is 5.56 Å². The molecule has 0 aromatic heterocycles. The number of rotatable bonds is 5. The Labute approximate surface area is 137 Å². The van der Waals surface area contributed by atoms with Crippen LogP contribution in [-0.2, 0) is 15.4 Å². The highest BCUT2D eigenvalue weighted by molar-refractivity contribution is 9.08. The van der Waals surface area contributed by atoms with Crippen LogP contribution < -0.4 is 9.46 Å². The molecule has 0 fully saturated rings. The Morgan fingerprint density at radius 3 is 2.43 bits per heavy atom. The van der Waals surface area contributed by atoms with E-state index < -0.39 is 10.0 Å². The van der Waals surface area contributed by atoms with Crippen LogP contribution in [-0.4, -0.2) is 15.5 Å². The molecule has 0 bridgehead atoms. The summed E-state index contributed by atoms with van der Waals surface area (Å²) in [7, 11) is -2.17. The van der Waals surface area contributed by atoms with Crippen molar-refractivity contribution in [3.8, 4) is 5.75 Å². The molecule has 2 rings (SSSR count). The van der Waals surface area contributed by atoms with Gasteiger partial charge in [-0.2, -0.15) is 0 Å². The molecule has 0 radical (unpaired) electrons. The maximum atomic E-state index is 12.3. The highest BCUT2D eigenvalue weighted by Crippen LogP contribution is 2.28. The maximum Gasteiger partial charge on any atom is 0.261 e. The molecule has 0 unspecified atom stereocenters. The Morgan fingerprint density at radius 2 is 1.86 bits per heavy atom. The minimum absolute atomic E-state index is 0.195. The zero-order valence-electron chi connectivity index (χ0n) is 11.1. The number of anilines is 1. The second kappa shape index (κ2) is 6.68. The molecule has 0 aliphatic heterocycles. The summed E-state index contributed by atoms with van der Waals surface area (Å²) in [5.74, 6) is 0.409. The lowest BCUT2D eigenvalue weighted by atomic mass is 10.2. The fourth-order valence-electron chi connectivity index (χ4n) is 1.70. The quantitative estimate of drug-likeness (QED) is 0.784. The molecule has 112 valence electrons. The third-order valence-corrected chi connectivity index (χ3v) is 5.15. The van der Waals surface area contributed by atoms with Gasteiger partial charge in [0.2, 0.25) is 0 Å². The van der Waals surface area contributed by atoms with Gasteiger partial charge in [0, 0.05) is 11.4 Å². The van der Waals surface area contributed by atoms with Gasteiger partial charge >= 0.3 is 0 Å². The Bertz CT molecular complexity index is 732. The van der Waals surface area contributed by atoms with Gasteiger partial charge in [-0.25, -0.2) is 8.42 Å². The van der Waals surface area contributed by atoms with Crippen LogP contribution in [0.3, 0.4) is 0 Å². The fourth-order valence-corrected chi connectivity index (χ4v) is 3.31. The third-order valence-electron chi connectivity index (χ3n) is 2.79. The summed E-state index contributed by atoms with van der Waals surface area (Å²) >= 11 is 9.23. The minimum Gasteiger partial charge on any atom is -0.495 e. The normalized spacial score (nSPS) is 11.2. The van der Waals surface area contributed by atoms with Crippen LogP contribution in [0, 0.1) is 0 Å². The van der Waals surface area contributed by atoms with E-state index in [-0.39, 0.29) is 4.90 Å². The number of alkyl halides is 1. The lowest BCUT2D eigenvalue weighted by Crippen LogP contribution is -2.13. The molecule has 7 heteroatoms. The number of ether oxygens (including phenoxy) is 1. The van der Waals surface area contributed by atoms with E-state index in [1.807, 2.05) is 0 Å². The van der Waals surface area contributed by atoms with Gasteiger partial charge in [0.05, 0.1) is 22.7 Å². The number of halogens is 2. The van der Waals surface area contributed by atoms with Crippen molar-refractivity contribution < 1.29 is 13.2 Å². The summed E-state index contributed by atoms with van der Waals surface area (Å²) in [4.78, 5) is 0.195. The Morgan fingerprint density at radius 1 is 1.19 bits per heavy atom. The van der Waals surface area contributed by atoms with Gasteiger partial charge in [-0.15, -0.1) is 0 Å². The molecule has 1 N–H and O–H groups in total. The van der Waals surface area contributed by atoms with Crippen molar-refractivity contribution in [3.05, 3.63) is 53.1 Å². The molecular formula is C14H13BrClNO3S. The molecule has 0 heterocycles. The van der Waals surface area contributed by atoms with Gasteiger partial charge in [0.1, 0.15) is 5.75 Å². The van der Waals surface area contributed by atoms with Gasteiger partial charge in [-0.3, -0.25) is 4.72 Å². The van der Waals surface area contributed by atoms with Crippen molar-refractivity contribution in [2.24, 2.45) is 0 Å². The first kappa shape index (κ1) is 16.1. The predicted octanol–water partition coefficient (Wildman–Crippen LogP) is 4.04. The second-order valence-electron chi connectivity index (χ2n) is 4.23.